The van der Waals surface area contributed by atoms with Crippen LogP contribution in [0.3, 0.4) is 0 Å². The molecular weight excluding hydrogens is 497 g/mol. The van der Waals surface area contributed by atoms with Gasteiger partial charge in [0.05, 0.1) is 17.1 Å². The molecular formula is C31H32FN3O2S. The standard InChI is InChI=1S/C31H32FN3O2S/c32-26-15-11-24(12-16-26)22-35-27-7-3-4-8-28(27)38-29(31(35)37)21-23-9-13-25(14-10-23)30(36)33-17-20-34-18-5-1-2-6-19-34/h3-4,7-16,21H,1-2,5-6,17-20,22H2,(H,33,36)/b29-21-. The van der Waals surface area contributed by atoms with Gasteiger partial charge in [0.25, 0.3) is 11.8 Å². The molecule has 0 bridgehead atoms. The number of fused-ring (bicyclic) bond motifs is 1. The number of anilines is 1. The van der Waals surface area contributed by atoms with Crippen molar-refractivity contribution in [1.29, 1.82) is 0 Å². The summed E-state index contributed by atoms with van der Waals surface area (Å²) in [6.07, 6.45) is 6.94. The van der Waals surface area contributed by atoms with Gasteiger partial charge in [-0.15, -0.1) is 0 Å². The number of carbonyl (C=O) groups is 2. The minimum absolute atomic E-state index is 0.0819. The second-order valence-corrected chi connectivity index (χ2v) is 10.8. The van der Waals surface area contributed by atoms with Crippen LogP contribution < -0.4 is 10.2 Å². The lowest BCUT2D eigenvalue weighted by Crippen LogP contribution is -2.35. The molecule has 0 atom stereocenters. The minimum Gasteiger partial charge on any atom is -0.351 e. The Balaban J connectivity index is 1.26. The molecule has 196 valence electrons. The summed E-state index contributed by atoms with van der Waals surface area (Å²) in [6.45, 7) is 4.10. The van der Waals surface area contributed by atoms with E-state index in [1.165, 1.54) is 49.6 Å². The molecule has 2 aliphatic rings. The van der Waals surface area contributed by atoms with E-state index in [0.29, 0.717) is 23.6 Å². The minimum atomic E-state index is -0.301. The summed E-state index contributed by atoms with van der Waals surface area (Å²) in [6, 6.07) is 21.4. The maximum atomic E-state index is 13.5. The molecule has 38 heavy (non-hydrogen) atoms. The molecule has 2 heterocycles. The fourth-order valence-corrected chi connectivity index (χ4v) is 5.92. The van der Waals surface area contributed by atoms with Gasteiger partial charge in [-0.2, -0.15) is 0 Å². The summed E-state index contributed by atoms with van der Waals surface area (Å²) in [7, 11) is 0. The van der Waals surface area contributed by atoms with Crippen LogP contribution in [0.5, 0.6) is 0 Å². The first-order chi connectivity index (χ1) is 18.6. The van der Waals surface area contributed by atoms with Crippen molar-refractivity contribution >= 4 is 35.3 Å². The molecule has 0 aromatic heterocycles. The zero-order valence-corrected chi connectivity index (χ0v) is 22.2. The van der Waals surface area contributed by atoms with E-state index in [9.17, 15) is 14.0 Å². The van der Waals surface area contributed by atoms with Gasteiger partial charge in [-0.1, -0.05) is 61.0 Å². The van der Waals surface area contributed by atoms with Crippen LogP contribution in [-0.2, 0) is 11.3 Å². The zero-order chi connectivity index (χ0) is 26.3. The molecule has 7 heteroatoms. The number of rotatable bonds is 7. The molecule has 3 aromatic carbocycles. The number of thioether (sulfide) groups is 1. The Morgan fingerprint density at radius 2 is 1.63 bits per heavy atom. The van der Waals surface area contributed by atoms with E-state index in [0.717, 1.165) is 41.3 Å². The summed E-state index contributed by atoms with van der Waals surface area (Å²) < 4.78 is 13.4. The van der Waals surface area contributed by atoms with E-state index in [2.05, 4.69) is 10.2 Å². The lowest BCUT2D eigenvalue weighted by molar-refractivity contribution is -0.114. The Hall–Kier alpha value is -3.42. The smallest absolute Gasteiger partial charge is 0.265 e. The fourth-order valence-electron chi connectivity index (χ4n) is 4.86. The highest BCUT2D eigenvalue weighted by molar-refractivity contribution is 8.04. The number of amides is 2. The molecule has 0 spiro atoms. The van der Waals surface area contributed by atoms with Crippen LogP contribution in [0.25, 0.3) is 6.08 Å². The van der Waals surface area contributed by atoms with Crippen molar-refractivity contribution in [2.45, 2.75) is 37.1 Å². The van der Waals surface area contributed by atoms with Gasteiger partial charge in [-0.3, -0.25) is 9.59 Å². The predicted molar refractivity (Wildman–Crippen MR) is 152 cm³/mol. The van der Waals surface area contributed by atoms with E-state index < -0.39 is 0 Å². The Bertz CT molecular complexity index is 1300. The van der Waals surface area contributed by atoms with Gasteiger partial charge in [0.1, 0.15) is 5.82 Å². The van der Waals surface area contributed by atoms with Gasteiger partial charge in [-0.25, -0.2) is 4.39 Å². The van der Waals surface area contributed by atoms with Crippen LogP contribution in [0.4, 0.5) is 10.1 Å². The van der Waals surface area contributed by atoms with Crippen LogP contribution >= 0.6 is 11.8 Å². The number of para-hydroxylation sites is 1. The SMILES string of the molecule is O=C(NCCN1CCCCCC1)c1ccc(/C=C2\Sc3ccccc3N(Cc3ccc(F)cc3)C2=O)cc1. The van der Waals surface area contributed by atoms with Crippen LogP contribution in [0.2, 0.25) is 0 Å². The maximum absolute atomic E-state index is 13.5. The molecule has 3 aromatic rings. The highest BCUT2D eigenvalue weighted by Crippen LogP contribution is 2.42. The number of likely N-dealkylation sites (tertiary alicyclic amines) is 1. The Labute approximate surface area is 227 Å². The van der Waals surface area contributed by atoms with Gasteiger partial charge >= 0.3 is 0 Å². The van der Waals surface area contributed by atoms with E-state index in [1.807, 2.05) is 42.5 Å². The molecule has 1 fully saturated rings. The van der Waals surface area contributed by atoms with Gasteiger partial charge in [0, 0.05) is 23.5 Å². The van der Waals surface area contributed by atoms with Crippen molar-refractivity contribution in [1.82, 2.24) is 10.2 Å². The van der Waals surface area contributed by atoms with Crippen molar-refractivity contribution in [2.24, 2.45) is 0 Å². The summed E-state index contributed by atoms with van der Waals surface area (Å²) in [5.74, 6) is -0.486. The van der Waals surface area contributed by atoms with E-state index in [1.54, 1.807) is 29.2 Å². The molecule has 2 amide bonds. The molecule has 0 aliphatic carbocycles. The van der Waals surface area contributed by atoms with Crippen molar-refractivity contribution in [3.05, 3.63) is 100 Å². The van der Waals surface area contributed by atoms with Crippen LogP contribution in [-0.4, -0.2) is 42.9 Å². The van der Waals surface area contributed by atoms with Gasteiger partial charge in [0.15, 0.2) is 0 Å². The monoisotopic (exact) mass is 529 g/mol. The Morgan fingerprint density at radius 1 is 0.921 bits per heavy atom. The quantitative estimate of drug-likeness (QED) is 0.375. The number of halogens is 1. The third kappa shape index (κ3) is 6.52. The van der Waals surface area contributed by atoms with Crippen LogP contribution in [0.15, 0.2) is 82.6 Å². The molecule has 5 nitrogen and oxygen atoms in total. The Kier molecular flexibility index (Phi) is 8.56. The lowest BCUT2D eigenvalue weighted by Gasteiger charge is -2.30. The molecule has 0 unspecified atom stereocenters. The number of nitrogens with one attached hydrogen (secondary N) is 1. The number of hydrogen-bond acceptors (Lipinski definition) is 4. The molecule has 0 radical (unpaired) electrons. The van der Waals surface area contributed by atoms with E-state index in [4.69, 9.17) is 0 Å². The van der Waals surface area contributed by atoms with Gasteiger partial charge in [-0.05, 0) is 79.5 Å². The molecule has 0 saturated carbocycles. The average molecular weight is 530 g/mol. The van der Waals surface area contributed by atoms with Crippen molar-refractivity contribution in [3.8, 4) is 0 Å². The third-order valence-electron chi connectivity index (χ3n) is 6.97. The first-order valence-corrected chi connectivity index (χ1v) is 14.0. The number of benzene rings is 3. The molecule has 5 rings (SSSR count). The second-order valence-electron chi connectivity index (χ2n) is 9.73. The van der Waals surface area contributed by atoms with E-state index in [-0.39, 0.29) is 17.6 Å². The van der Waals surface area contributed by atoms with Crippen molar-refractivity contribution in [3.63, 3.8) is 0 Å². The summed E-state index contributed by atoms with van der Waals surface area (Å²) in [4.78, 5) is 31.9. The lowest BCUT2D eigenvalue weighted by atomic mass is 10.1. The zero-order valence-electron chi connectivity index (χ0n) is 21.4. The van der Waals surface area contributed by atoms with Gasteiger partial charge < -0.3 is 15.1 Å². The first-order valence-electron chi connectivity index (χ1n) is 13.2. The summed E-state index contributed by atoms with van der Waals surface area (Å²) >= 11 is 1.44. The normalized spacial score (nSPS) is 17.2. The van der Waals surface area contributed by atoms with Crippen LogP contribution in [0, 0.1) is 5.82 Å². The summed E-state index contributed by atoms with van der Waals surface area (Å²) in [5, 5.41) is 3.03. The van der Waals surface area contributed by atoms with Crippen LogP contribution in [0.1, 0.15) is 47.2 Å². The maximum Gasteiger partial charge on any atom is 0.265 e. The summed E-state index contributed by atoms with van der Waals surface area (Å²) in [5.41, 5.74) is 3.15. The Morgan fingerprint density at radius 3 is 2.37 bits per heavy atom. The second kappa shape index (κ2) is 12.4. The predicted octanol–water partition coefficient (Wildman–Crippen LogP) is 6.11. The largest absolute Gasteiger partial charge is 0.351 e. The number of carbonyl (C=O) groups excluding carboxylic acids is 2. The highest BCUT2D eigenvalue weighted by Gasteiger charge is 2.29. The van der Waals surface area contributed by atoms with E-state index >= 15 is 0 Å². The third-order valence-corrected chi connectivity index (χ3v) is 8.05. The average Bonchev–Trinajstić information content (AvgIpc) is 3.21. The first kappa shape index (κ1) is 26.2. The highest BCUT2D eigenvalue weighted by atomic mass is 32.2. The topological polar surface area (TPSA) is 52.7 Å². The number of hydrogen-bond donors (Lipinski definition) is 1. The molecule has 2 aliphatic heterocycles. The van der Waals surface area contributed by atoms with Crippen molar-refractivity contribution in [2.75, 3.05) is 31.1 Å². The number of nitrogens with zero attached hydrogens (tertiary/aromatic N) is 2. The molecule has 1 saturated heterocycles. The molecule has 1 N–H and O–H groups in total. The van der Waals surface area contributed by atoms with Gasteiger partial charge in [0.2, 0.25) is 0 Å². The van der Waals surface area contributed by atoms with Crippen molar-refractivity contribution < 1.29 is 14.0 Å². The fraction of sp³-hybridized carbons (Fsp3) is 0.290.